The highest BCUT2D eigenvalue weighted by Gasteiger charge is 2.41. The predicted molar refractivity (Wildman–Crippen MR) is 210 cm³/mol. The van der Waals surface area contributed by atoms with Crippen LogP contribution in [0.5, 0.6) is 11.5 Å². The number of hydrogen-bond donors (Lipinski definition) is 0. The molecule has 4 aromatic carbocycles. The van der Waals surface area contributed by atoms with Gasteiger partial charge in [0.1, 0.15) is 11.5 Å². The number of para-hydroxylation sites is 1. The van der Waals surface area contributed by atoms with Crippen molar-refractivity contribution in [3.63, 3.8) is 0 Å². The fourth-order valence-electron chi connectivity index (χ4n) is 6.61. The Morgan fingerprint density at radius 3 is 2.11 bits per heavy atom. The molecule has 1 aliphatic rings. The lowest BCUT2D eigenvalue weighted by Crippen LogP contribution is -2.38. The van der Waals surface area contributed by atoms with Crippen LogP contribution in [-0.2, 0) is 38.8 Å². The highest BCUT2D eigenvalue weighted by atomic mass is 32.2. The molecule has 5 aromatic rings. The third-order valence-electron chi connectivity index (χ3n) is 9.96. The first-order valence-electron chi connectivity index (χ1n) is 18.6. The van der Waals surface area contributed by atoms with Gasteiger partial charge < -0.3 is 28.4 Å². The van der Waals surface area contributed by atoms with Gasteiger partial charge in [-0.1, -0.05) is 84.6 Å². The van der Waals surface area contributed by atoms with Crippen LogP contribution in [-0.4, -0.2) is 70.2 Å². The fourth-order valence-corrected chi connectivity index (χ4v) is 7.69. The van der Waals surface area contributed by atoms with Gasteiger partial charge >= 0.3 is 0 Å². The molecule has 0 saturated carbocycles. The van der Waals surface area contributed by atoms with Crippen molar-refractivity contribution >= 4 is 11.8 Å². The maximum atomic E-state index is 6.82. The van der Waals surface area contributed by atoms with Crippen molar-refractivity contribution in [2.75, 3.05) is 26.6 Å². The molecule has 0 bridgehead atoms. The minimum atomic E-state index is -0.472. The Kier molecular flexibility index (Phi) is 14.1. The van der Waals surface area contributed by atoms with Crippen LogP contribution in [0.3, 0.4) is 0 Å². The van der Waals surface area contributed by atoms with Gasteiger partial charge in [-0.3, -0.25) is 0 Å². The van der Waals surface area contributed by atoms with Crippen molar-refractivity contribution in [3.8, 4) is 17.2 Å². The van der Waals surface area contributed by atoms with Gasteiger partial charge in [-0.15, -0.1) is 5.10 Å². The number of nitrogens with zero attached hydrogens (tertiary/aromatic N) is 4. The molecule has 286 valence electrons. The van der Waals surface area contributed by atoms with Crippen molar-refractivity contribution in [2.45, 2.75) is 94.3 Å². The molecule has 0 spiro atoms. The van der Waals surface area contributed by atoms with Gasteiger partial charge in [-0.05, 0) is 109 Å². The molecule has 1 aliphatic heterocycles. The van der Waals surface area contributed by atoms with Crippen LogP contribution < -0.4 is 9.47 Å². The summed E-state index contributed by atoms with van der Waals surface area (Å²) < 4.78 is 39.1. The normalized spacial score (nSPS) is 18.6. The SMILES string of the molecule is COc1ccc(CO[C@H](CC[C@@](C)(CCSc2nnnn2-c2ccccc2)OCc2ccc(OC)cc2)[C@H]2CC[C@](C)(COCc3ccccc3)O2)cc1. The number of benzene rings is 4. The summed E-state index contributed by atoms with van der Waals surface area (Å²) in [6.45, 7) is 6.38. The van der Waals surface area contributed by atoms with Crippen molar-refractivity contribution in [1.29, 1.82) is 0 Å². The second-order valence-electron chi connectivity index (χ2n) is 14.3. The lowest BCUT2D eigenvalue weighted by Gasteiger charge is -2.34. The molecule has 0 unspecified atom stereocenters. The van der Waals surface area contributed by atoms with Crippen LogP contribution in [0.25, 0.3) is 5.69 Å². The van der Waals surface area contributed by atoms with E-state index in [2.05, 4.69) is 65.8 Å². The summed E-state index contributed by atoms with van der Waals surface area (Å²) >= 11 is 1.63. The van der Waals surface area contributed by atoms with E-state index in [0.29, 0.717) is 26.4 Å². The van der Waals surface area contributed by atoms with Gasteiger partial charge in [-0.2, -0.15) is 4.68 Å². The minimum Gasteiger partial charge on any atom is -0.497 e. The van der Waals surface area contributed by atoms with E-state index in [1.54, 1.807) is 30.7 Å². The van der Waals surface area contributed by atoms with E-state index in [-0.39, 0.29) is 12.2 Å². The van der Waals surface area contributed by atoms with E-state index in [0.717, 1.165) is 76.9 Å². The summed E-state index contributed by atoms with van der Waals surface area (Å²) in [5, 5.41) is 13.3. The Labute approximate surface area is 323 Å². The van der Waals surface area contributed by atoms with Crippen molar-refractivity contribution in [1.82, 2.24) is 20.2 Å². The zero-order valence-electron chi connectivity index (χ0n) is 31.8. The highest BCUT2D eigenvalue weighted by molar-refractivity contribution is 7.99. The van der Waals surface area contributed by atoms with Gasteiger partial charge in [0.05, 0.1) is 69.7 Å². The van der Waals surface area contributed by atoms with Crippen LogP contribution in [0.15, 0.2) is 114 Å². The van der Waals surface area contributed by atoms with Crippen molar-refractivity contribution in [2.24, 2.45) is 0 Å². The van der Waals surface area contributed by atoms with Gasteiger partial charge in [0.15, 0.2) is 0 Å². The first-order valence-corrected chi connectivity index (χ1v) is 19.6. The van der Waals surface area contributed by atoms with Crippen LogP contribution in [0, 0.1) is 0 Å². The molecule has 1 saturated heterocycles. The maximum absolute atomic E-state index is 6.82. The Morgan fingerprint density at radius 1 is 0.815 bits per heavy atom. The Balaban J connectivity index is 1.14. The monoisotopic (exact) mass is 752 g/mol. The fraction of sp³-hybridized carbons (Fsp3) is 0.419. The van der Waals surface area contributed by atoms with Gasteiger partial charge in [0, 0.05) is 5.75 Å². The molecule has 10 nitrogen and oxygen atoms in total. The largest absolute Gasteiger partial charge is 0.497 e. The lowest BCUT2D eigenvalue weighted by atomic mass is 9.92. The van der Waals surface area contributed by atoms with E-state index < -0.39 is 11.2 Å². The van der Waals surface area contributed by atoms with E-state index in [1.165, 1.54) is 0 Å². The maximum Gasteiger partial charge on any atom is 0.214 e. The molecule has 0 amide bonds. The lowest BCUT2D eigenvalue weighted by molar-refractivity contribution is -0.137. The quantitative estimate of drug-likeness (QED) is 0.0678. The molecule has 4 atom stereocenters. The molecule has 0 radical (unpaired) electrons. The molecule has 6 rings (SSSR count). The molecule has 0 aliphatic carbocycles. The first-order chi connectivity index (χ1) is 26.3. The molecule has 2 heterocycles. The van der Waals surface area contributed by atoms with Crippen LogP contribution in [0.1, 0.15) is 62.6 Å². The molecular formula is C43H52N4O6S. The van der Waals surface area contributed by atoms with Crippen LogP contribution >= 0.6 is 11.8 Å². The number of ether oxygens (including phenoxy) is 6. The average Bonchev–Trinajstić information content (AvgIpc) is 3.85. The first kappa shape index (κ1) is 39.4. The summed E-state index contributed by atoms with van der Waals surface area (Å²) in [5.74, 6) is 2.40. The summed E-state index contributed by atoms with van der Waals surface area (Å²) in [5.41, 5.74) is 3.38. The number of tetrazole rings is 1. The summed E-state index contributed by atoms with van der Waals surface area (Å²) in [6, 6.07) is 36.3. The van der Waals surface area contributed by atoms with Gasteiger partial charge in [-0.25, -0.2) is 0 Å². The molecule has 1 fully saturated rings. The van der Waals surface area contributed by atoms with Gasteiger partial charge in [0.25, 0.3) is 0 Å². The number of methoxy groups -OCH3 is 2. The third kappa shape index (κ3) is 11.4. The summed E-state index contributed by atoms with van der Waals surface area (Å²) in [6.07, 6.45) is 3.85. The molecule has 0 N–H and O–H groups in total. The van der Waals surface area contributed by atoms with E-state index >= 15 is 0 Å². The standard InChI is InChI=1S/C43H52N4O6S/c1-42(52-31-35-17-21-38(49-4)22-18-35,27-28-54-41-44-45-46-47(41)36-13-9-6-10-14-36)25-23-39(51-30-34-15-19-37(48-3)20-16-34)40-24-26-43(2,53-40)32-50-29-33-11-7-5-8-12-33/h5-22,39-40H,23-32H2,1-4H3/t39-,40-,42+,43-/m1/s1. The van der Waals surface area contributed by atoms with Gasteiger partial charge in [0.2, 0.25) is 5.16 Å². The zero-order chi connectivity index (χ0) is 37.6. The van der Waals surface area contributed by atoms with Crippen LogP contribution in [0.2, 0.25) is 0 Å². The number of thioether (sulfide) groups is 1. The smallest absolute Gasteiger partial charge is 0.214 e. The Bertz CT molecular complexity index is 1830. The van der Waals surface area contributed by atoms with Crippen molar-refractivity contribution < 1.29 is 28.4 Å². The van der Waals surface area contributed by atoms with E-state index in [9.17, 15) is 0 Å². The van der Waals surface area contributed by atoms with Crippen molar-refractivity contribution in [3.05, 3.63) is 126 Å². The topological polar surface area (TPSA) is 99.0 Å². The number of hydrogen-bond acceptors (Lipinski definition) is 10. The zero-order valence-corrected chi connectivity index (χ0v) is 32.6. The minimum absolute atomic E-state index is 0.0794. The van der Waals surface area contributed by atoms with Crippen LogP contribution in [0.4, 0.5) is 0 Å². The highest BCUT2D eigenvalue weighted by Crippen LogP contribution is 2.37. The Morgan fingerprint density at radius 2 is 1.44 bits per heavy atom. The van der Waals surface area contributed by atoms with E-state index in [1.807, 2.05) is 72.8 Å². The molecule has 1 aromatic heterocycles. The molecule has 11 heteroatoms. The summed E-state index contributed by atoms with van der Waals surface area (Å²) in [4.78, 5) is 0. The van der Waals surface area contributed by atoms with E-state index in [4.69, 9.17) is 28.4 Å². The Hall–Kier alpha value is -4.26. The average molecular weight is 753 g/mol. The molecular weight excluding hydrogens is 701 g/mol. The predicted octanol–water partition coefficient (Wildman–Crippen LogP) is 8.66. The molecule has 54 heavy (non-hydrogen) atoms. The summed E-state index contributed by atoms with van der Waals surface area (Å²) in [7, 11) is 3.35. The third-order valence-corrected chi connectivity index (χ3v) is 10.9. The second kappa shape index (κ2) is 19.4. The second-order valence-corrected chi connectivity index (χ2v) is 15.3. The number of rotatable bonds is 21. The number of aromatic nitrogens is 4.